The summed E-state index contributed by atoms with van der Waals surface area (Å²) in [6.07, 6.45) is 0. The van der Waals surface area contributed by atoms with Crippen molar-refractivity contribution >= 4 is 21.8 Å². The standard InChI is InChI=1S/C65H38N8/c66-39-42-33-55(59-37-57(43-17-5-1-6-18-43)69-64(71-59)45-21-9-3-10-22-45)63(56(34-42)60-38-58(44-19-7-2-8-20-44)70-65(72-60)46-23-11-4-12-24-46)73-61-31-29-47(51-27-15-13-25-49(51)40-67)35-53(61)54-36-48(30-32-62(54)73)52-28-16-14-26-50(52)41-68/h1-38H. The Hall–Kier alpha value is -10.6. The fraction of sp³-hybridized carbons (Fsp3) is 0. The lowest BCUT2D eigenvalue weighted by Gasteiger charge is -2.20. The summed E-state index contributed by atoms with van der Waals surface area (Å²) in [6, 6.07) is 82.9. The second-order valence-electron chi connectivity index (χ2n) is 17.5. The second kappa shape index (κ2) is 18.7. The molecule has 0 aliphatic carbocycles. The Bertz CT molecular complexity index is 3840. The van der Waals surface area contributed by atoms with E-state index in [0.717, 1.165) is 72.0 Å². The van der Waals surface area contributed by atoms with Crippen molar-refractivity contribution in [2.24, 2.45) is 0 Å². The van der Waals surface area contributed by atoms with Crippen molar-refractivity contribution in [1.82, 2.24) is 24.5 Å². The first-order chi connectivity index (χ1) is 36.0. The van der Waals surface area contributed by atoms with Crippen molar-refractivity contribution < 1.29 is 0 Å². The van der Waals surface area contributed by atoms with E-state index in [1.54, 1.807) is 0 Å². The fourth-order valence-corrected chi connectivity index (χ4v) is 9.71. The van der Waals surface area contributed by atoms with Crippen LogP contribution in [0.25, 0.3) is 118 Å². The van der Waals surface area contributed by atoms with E-state index in [2.05, 4.69) is 59.2 Å². The first-order valence-corrected chi connectivity index (χ1v) is 23.7. The summed E-state index contributed by atoms with van der Waals surface area (Å²) in [4.78, 5) is 21.1. The molecule has 12 rings (SSSR count). The molecule has 9 aromatic carbocycles. The highest BCUT2D eigenvalue weighted by molar-refractivity contribution is 6.13. The zero-order chi connectivity index (χ0) is 49.3. The molecule has 0 atom stereocenters. The first-order valence-electron chi connectivity index (χ1n) is 23.7. The summed E-state index contributed by atoms with van der Waals surface area (Å²) in [5.74, 6) is 1.05. The number of fused-ring (bicyclic) bond motifs is 3. The summed E-state index contributed by atoms with van der Waals surface area (Å²) in [5, 5.41) is 33.5. The van der Waals surface area contributed by atoms with Crippen molar-refractivity contribution in [3.63, 3.8) is 0 Å². The molecule has 0 amide bonds. The molecule has 0 fully saturated rings. The number of aromatic nitrogens is 5. The molecule has 8 nitrogen and oxygen atoms in total. The van der Waals surface area contributed by atoms with E-state index in [9.17, 15) is 15.8 Å². The Kier molecular flexibility index (Phi) is 11.2. The van der Waals surface area contributed by atoms with Crippen molar-refractivity contribution in [2.45, 2.75) is 0 Å². The number of nitrogens with zero attached hydrogens (tertiary/aromatic N) is 8. The van der Waals surface area contributed by atoms with Gasteiger partial charge in [0.05, 0.1) is 74.4 Å². The van der Waals surface area contributed by atoms with Gasteiger partial charge in [0.15, 0.2) is 11.6 Å². The average Bonchev–Trinajstić information content (AvgIpc) is 3.80. The van der Waals surface area contributed by atoms with Crippen molar-refractivity contribution in [3.05, 3.63) is 247 Å². The van der Waals surface area contributed by atoms with E-state index in [1.807, 2.05) is 194 Å². The molecule has 0 bridgehead atoms. The fourth-order valence-electron chi connectivity index (χ4n) is 9.71. The summed E-state index contributed by atoms with van der Waals surface area (Å²) in [6.45, 7) is 0. The Labute approximate surface area is 421 Å². The van der Waals surface area contributed by atoms with Gasteiger partial charge in [-0.2, -0.15) is 15.8 Å². The smallest absolute Gasteiger partial charge is 0.160 e. The van der Waals surface area contributed by atoms with Crippen LogP contribution in [0.2, 0.25) is 0 Å². The molecule has 338 valence electrons. The third-order valence-corrected chi connectivity index (χ3v) is 13.2. The highest BCUT2D eigenvalue weighted by atomic mass is 15.0. The van der Waals surface area contributed by atoms with Gasteiger partial charge in [-0.05, 0) is 82.9 Å². The summed E-state index contributed by atoms with van der Waals surface area (Å²) in [5.41, 5.74) is 14.8. The van der Waals surface area contributed by atoms with Gasteiger partial charge in [-0.25, -0.2) is 19.9 Å². The van der Waals surface area contributed by atoms with Gasteiger partial charge in [0.2, 0.25) is 0 Å². The quantitative estimate of drug-likeness (QED) is 0.141. The molecule has 3 heterocycles. The van der Waals surface area contributed by atoms with Crippen molar-refractivity contribution in [2.75, 3.05) is 0 Å². The molecule has 0 N–H and O–H groups in total. The largest absolute Gasteiger partial charge is 0.308 e. The van der Waals surface area contributed by atoms with E-state index in [1.165, 1.54) is 0 Å². The molecule has 0 spiro atoms. The molecule has 0 aliphatic rings. The summed E-state index contributed by atoms with van der Waals surface area (Å²) >= 11 is 0. The maximum Gasteiger partial charge on any atom is 0.160 e. The highest BCUT2D eigenvalue weighted by Crippen LogP contribution is 2.45. The molecular weight excluding hydrogens is 893 g/mol. The Balaban J connectivity index is 1.24. The molecule has 0 radical (unpaired) electrons. The predicted octanol–water partition coefficient (Wildman–Crippen LogP) is 15.3. The van der Waals surface area contributed by atoms with Gasteiger partial charge in [-0.1, -0.05) is 170 Å². The van der Waals surface area contributed by atoms with Crippen LogP contribution in [0.1, 0.15) is 16.7 Å². The zero-order valence-corrected chi connectivity index (χ0v) is 39.0. The van der Waals surface area contributed by atoms with Crippen LogP contribution < -0.4 is 0 Å². The Morgan fingerprint density at radius 1 is 0.301 bits per heavy atom. The number of hydrogen-bond acceptors (Lipinski definition) is 7. The highest BCUT2D eigenvalue weighted by Gasteiger charge is 2.26. The second-order valence-corrected chi connectivity index (χ2v) is 17.5. The molecule has 12 aromatic rings. The van der Waals surface area contributed by atoms with Crippen LogP contribution >= 0.6 is 0 Å². The maximum atomic E-state index is 11.1. The van der Waals surface area contributed by atoms with Gasteiger partial charge < -0.3 is 4.57 Å². The lowest BCUT2D eigenvalue weighted by Crippen LogP contribution is -2.05. The van der Waals surface area contributed by atoms with E-state index < -0.39 is 0 Å². The van der Waals surface area contributed by atoms with E-state index in [0.29, 0.717) is 62.2 Å². The minimum Gasteiger partial charge on any atom is -0.308 e. The van der Waals surface area contributed by atoms with E-state index >= 15 is 0 Å². The topological polar surface area (TPSA) is 128 Å². The van der Waals surface area contributed by atoms with Gasteiger partial charge in [-0.3, -0.25) is 0 Å². The molecule has 73 heavy (non-hydrogen) atoms. The summed E-state index contributed by atoms with van der Waals surface area (Å²) in [7, 11) is 0. The van der Waals surface area contributed by atoms with Crippen LogP contribution in [0.4, 0.5) is 0 Å². The van der Waals surface area contributed by atoms with E-state index in [-0.39, 0.29) is 0 Å². The number of hydrogen-bond donors (Lipinski definition) is 0. The lowest BCUT2D eigenvalue weighted by atomic mass is 9.95. The molecule has 0 aliphatic heterocycles. The number of rotatable bonds is 9. The average molecular weight is 931 g/mol. The van der Waals surface area contributed by atoms with Crippen LogP contribution in [-0.4, -0.2) is 24.5 Å². The minimum atomic E-state index is 0.405. The molecular formula is C65H38N8. The zero-order valence-electron chi connectivity index (χ0n) is 39.0. The predicted molar refractivity (Wildman–Crippen MR) is 290 cm³/mol. The minimum absolute atomic E-state index is 0.405. The number of benzene rings is 9. The normalized spacial score (nSPS) is 11.0. The molecule has 0 saturated carbocycles. The van der Waals surface area contributed by atoms with Crippen LogP contribution in [0, 0.1) is 34.0 Å². The van der Waals surface area contributed by atoms with Crippen LogP contribution in [-0.2, 0) is 0 Å². The van der Waals surface area contributed by atoms with Crippen LogP contribution in [0.5, 0.6) is 0 Å². The maximum absolute atomic E-state index is 11.1. The van der Waals surface area contributed by atoms with Gasteiger partial charge in [-0.15, -0.1) is 0 Å². The molecule has 0 unspecified atom stereocenters. The van der Waals surface area contributed by atoms with Crippen molar-refractivity contribution in [1.29, 1.82) is 15.8 Å². The molecule has 3 aromatic heterocycles. The first kappa shape index (κ1) is 43.7. The van der Waals surface area contributed by atoms with Gasteiger partial charge >= 0.3 is 0 Å². The third kappa shape index (κ3) is 8.12. The Morgan fingerprint density at radius 3 is 1.07 bits per heavy atom. The molecule has 8 heteroatoms. The van der Waals surface area contributed by atoms with Crippen molar-refractivity contribution in [3.8, 4) is 114 Å². The van der Waals surface area contributed by atoms with Gasteiger partial charge in [0, 0.05) is 44.2 Å². The number of nitriles is 3. The van der Waals surface area contributed by atoms with Gasteiger partial charge in [0.25, 0.3) is 0 Å². The summed E-state index contributed by atoms with van der Waals surface area (Å²) < 4.78 is 2.25. The van der Waals surface area contributed by atoms with E-state index in [4.69, 9.17) is 19.9 Å². The third-order valence-electron chi connectivity index (χ3n) is 13.2. The van der Waals surface area contributed by atoms with Gasteiger partial charge in [0.1, 0.15) is 0 Å². The SMILES string of the molecule is N#Cc1cc(-c2cc(-c3ccccc3)nc(-c3ccccc3)n2)c(-n2c3ccc(-c4ccccc4C#N)cc3c3cc(-c4ccccc4C#N)ccc32)c(-c2cc(-c3ccccc3)nc(-c3ccccc3)n2)c1. The monoisotopic (exact) mass is 930 g/mol. The van der Waals surface area contributed by atoms with Crippen LogP contribution in [0.15, 0.2) is 231 Å². The Morgan fingerprint density at radius 2 is 0.671 bits per heavy atom. The van der Waals surface area contributed by atoms with Crippen LogP contribution in [0.3, 0.4) is 0 Å². The molecule has 0 saturated heterocycles. The lowest BCUT2D eigenvalue weighted by molar-refractivity contribution is 1.14.